The highest BCUT2D eigenvalue weighted by atomic mass is 35.5. The molecule has 0 spiro atoms. The van der Waals surface area contributed by atoms with E-state index in [2.05, 4.69) is 15.5 Å². The van der Waals surface area contributed by atoms with Gasteiger partial charge in [-0.05, 0) is 55.3 Å². The van der Waals surface area contributed by atoms with Crippen LogP contribution in [0.2, 0.25) is 5.02 Å². The molecule has 8 heteroatoms. The second-order valence-electron chi connectivity index (χ2n) is 7.36. The Morgan fingerprint density at radius 1 is 1.13 bits per heavy atom. The minimum Gasteiger partial charge on any atom is -0.508 e. The molecule has 156 valence electrons. The first-order valence-electron chi connectivity index (χ1n) is 10.0. The van der Waals surface area contributed by atoms with Gasteiger partial charge in [-0.1, -0.05) is 48.7 Å². The molecular weight excluding hydrogens is 420 g/mol. The predicted molar refractivity (Wildman–Crippen MR) is 119 cm³/mol. The fourth-order valence-corrected chi connectivity index (χ4v) is 4.60. The highest BCUT2D eigenvalue weighted by Crippen LogP contribution is 2.30. The van der Waals surface area contributed by atoms with E-state index >= 15 is 0 Å². The molecular formula is C22H23ClN4O2S. The van der Waals surface area contributed by atoms with Crippen LogP contribution in [0.25, 0.3) is 17.1 Å². The van der Waals surface area contributed by atoms with Crippen molar-refractivity contribution in [3.05, 3.63) is 53.6 Å². The monoisotopic (exact) mass is 442 g/mol. The van der Waals surface area contributed by atoms with Gasteiger partial charge >= 0.3 is 0 Å². The van der Waals surface area contributed by atoms with Crippen molar-refractivity contribution in [2.24, 2.45) is 0 Å². The summed E-state index contributed by atoms with van der Waals surface area (Å²) in [7, 11) is 0. The first kappa shape index (κ1) is 20.8. The SMILES string of the molecule is O=C(CSc1nnc(-c2ccc(O)cc2)n1-c1cccc(Cl)c1)NC1CCCCC1. The molecule has 30 heavy (non-hydrogen) atoms. The molecule has 2 N–H and O–H groups in total. The third kappa shape index (κ3) is 4.96. The van der Waals surface area contributed by atoms with Crippen molar-refractivity contribution in [2.45, 2.75) is 43.3 Å². The van der Waals surface area contributed by atoms with Crippen LogP contribution in [-0.4, -0.2) is 37.6 Å². The Morgan fingerprint density at radius 3 is 2.63 bits per heavy atom. The van der Waals surface area contributed by atoms with E-state index in [0.717, 1.165) is 24.1 Å². The van der Waals surface area contributed by atoms with Crippen LogP contribution in [0.3, 0.4) is 0 Å². The van der Waals surface area contributed by atoms with E-state index in [-0.39, 0.29) is 23.5 Å². The molecule has 3 aromatic rings. The second kappa shape index (κ2) is 9.53. The summed E-state index contributed by atoms with van der Waals surface area (Å²) in [6.07, 6.45) is 5.72. The van der Waals surface area contributed by atoms with E-state index < -0.39 is 0 Å². The lowest BCUT2D eigenvalue weighted by atomic mass is 9.95. The summed E-state index contributed by atoms with van der Waals surface area (Å²) in [4.78, 5) is 12.5. The molecule has 1 aromatic heterocycles. The molecule has 0 saturated heterocycles. The van der Waals surface area contributed by atoms with Gasteiger partial charge in [0.2, 0.25) is 5.91 Å². The molecule has 1 heterocycles. The molecule has 0 bridgehead atoms. The number of thioether (sulfide) groups is 1. The van der Waals surface area contributed by atoms with Crippen LogP contribution in [0.5, 0.6) is 5.75 Å². The van der Waals surface area contributed by atoms with Crippen molar-refractivity contribution in [1.29, 1.82) is 0 Å². The average Bonchev–Trinajstić information content (AvgIpc) is 3.17. The highest BCUT2D eigenvalue weighted by Gasteiger charge is 2.19. The normalized spacial score (nSPS) is 14.6. The molecule has 0 aliphatic heterocycles. The van der Waals surface area contributed by atoms with Crippen LogP contribution in [-0.2, 0) is 4.79 Å². The van der Waals surface area contributed by atoms with Gasteiger partial charge in [0, 0.05) is 16.6 Å². The number of aromatic nitrogens is 3. The number of hydrogen-bond acceptors (Lipinski definition) is 5. The van der Waals surface area contributed by atoms with Gasteiger partial charge in [0.1, 0.15) is 5.75 Å². The highest BCUT2D eigenvalue weighted by molar-refractivity contribution is 7.99. The summed E-state index contributed by atoms with van der Waals surface area (Å²) >= 11 is 7.56. The number of aromatic hydroxyl groups is 1. The summed E-state index contributed by atoms with van der Waals surface area (Å²) in [6.45, 7) is 0. The van der Waals surface area contributed by atoms with Crippen molar-refractivity contribution >= 4 is 29.3 Å². The number of carbonyl (C=O) groups is 1. The second-order valence-corrected chi connectivity index (χ2v) is 8.74. The Kier molecular flexibility index (Phi) is 6.59. The zero-order valence-corrected chi connectivity index (χ0v) is 18.0. The minimum atomic E-state index is 0.0127. The van der Waals surface area contributed by atoms with Crippen molar-refractivity contribution in [2.75, 3.05) is 5.75 Å². The minimum absolute atomic E-state index is 0.0127. The van der Waals surface area contributed by atoms with Crippen LogP contribution < -0.4 is 5.32 Å². The van der Waals surface area contributed by atoms with E-state index in [9.17, 15) is 9.90 Å². The molecule has 1 fully saturated rings. The Morgan fingerprint density at radius 2 is 1.90 bits per heavy atom. The van der Waals surface area contributed by atoms with Crippen LogP contribution in [0, 0.1) is 0 Å². The molecule has 1 saturated carbocycles. The lowest BCUT2D eigenvalue weighted by molar-refractivity contribution is -0.119. The van der Waals surface area contributed by atoms with Crippen LogP contribution in [0.15, 0.2) is 53.7 Å². The summed E-state index contributed by atoms with van der Waals surface area (Å²) < 4.78 is 1.89. The van der Waals surface area contributed by atoms with E-state index in [1.54, 1.807) is 30.3 Å². The van der Waals surface area contributed by atoms with Gasteiger partial charge < -0.3 is 10.4 Å². The number of benzene rings is 2. The Labute approximate surface area is 184 Å². The number of nitrogens with zero attached hydrogens (tertiary/aromatic N) is 3. The van der Waals surface area contributed by atoms with Crippen molar-refractivity contribution in [3.63, 3.8) is 0 Å². The van der Waals surface area contributed by atoms with Gasteiger partial charge in [-0.15, -0.1) is 10.2 Å². The first-order valence-corrected chi connectivity index (χ1v) is 11.4. The summed E-state index contributed by atoms with van der Waals surface area (Å²) in [5.41, 5.74) is 1.62. The van der Waals surface area contributed by atoms with Gasteiger partial charge in [0.25, 0.3) is 0 Å². The molecule has 1 aliphatic carbocycles. The molecule has 6 nitrogen and oxygen atoms in total. The fourth-order valence-electron chi connectivity index (χ4n) is 3.66. The largest absolute Gasteiger partial charge is 0.508 e. The number of rotatable bonds is 6. The Hall–Kier alpha value is -2.51. The van der Waals surface area contributed by atoms with E-state index in [1.807, 2.05) is 22.8 Å². The number of halogens is 1. The number of phenols is 1. The van der Waals surface area contributed by atoms with Crippen LogP contribution >= 0.6 is 23.4 Å². The summed E-state index contributed by atoms with van der Waals surface area (Å²) in [6, 6.07) is 14.5. The number of phenolic OH excluding ortho intramolecular Hbond substituents is 1. The number of carbonyl (C=O) groups excluding carboxylic acids is 1. The fraction of sp³-hybridized carbons (Fsp3) is 0.318. The number of hydrogen-bond donors (Lipinski definition) is 2. The van der Waals surface area contributed by atoms with Crippen LogP contribution in [0.1, 0.15) is 32.1 Å². The third-order valence-electron chi connectivity index (χ3n) is 5.13. The van der Waals surface area contributed by atoms with E-state index in [1.165, 1.54) is 31.0 Å². The zero-order valence-electron chi connectivity index (χ0n) is 16.4. The molecule has 0 atom stereocenters. The maximum Gasteiger partial charge on any atom is 0.230 e. The maximum atomic E-state index is 12.5. The molecule has 1 aliphatic rings. The molecule has 2 aromatic carbocycles. The number of amides is 1. The standard InChI is InChI=1S/C22H23ClN4O2S/c23-16-5-4-8-18(13-16)27-21(15-9-11-19(28)12-10-15)25-26-22(27)30-14-20(29)24-17-6-2-1-3-7-17/h4-5,8-13,17,28H,1-3,6-7,14H2,(H,24,29). The summed E-state index contributed by atoms with van der Waals surface area (Å²) in [5, 5.41) is 22.6. The maximum absolute atomic E-state index is 12.5. The smallest absolute Gasteiger partial charge is 0.230 e. The van der Waals surface area contributed by atoms with Gasteiger partial charge in [-0.3, -0.25) is 9.36 Å². The molecule has 0 radical (unpaired) electrons. The summed E-state index contributed by atoms with van der Waals surface area (Å²) in [5.74, 6) is 1.08. The van der Waals surface area contributed by atoms with Crippen molar-refractivity contribution in [1.82, 2.24) is 20.1 Å². The lowest BCUT2D eigenvalue weighted by Crippen LogP contribution is -2.37. The average molecular weight is 443 g/mol. The molecule has 4 rings (SSSR count). The van der Waals surface area contributed by atoms with Gasteiger partial charge in [-0.2, -0.15) is 0 Å². The van der Waals surface area contributed by atoms with Crippen molar-refractivity contribution in [3.8, 4) is 22.8 Å². The molecule has 0 unspecified atom stereocenters. The zero-order chi connectivity index (χ0) is 20.9. The molecule has 1 amide bonds. The topological polar surface area (TPSA) is 80.0 Å². The van der Waals surface area contributed by atoms with E-state index in [4.69, 9.17) is 11.6 Å². The van der Waals surface area contributed by atoms with Crippen molar-refractivity contribution < 1.29 is 9.90 Å². The Bertz CT molecular complexity index is 1020. The van der Waals surface area contributed by atoms with Crippen LogP contribution in [0.4, 0.5) is 0 Å². The van der Waals surface area contributed by atoms with Gasteiger partial charge in [0.15, 0.2) is 11.0 Å². The Balaban J connectivity index is 1.58. The third-order valence-corrected chi connectivity index (χ3v) is 6.29. The van der Waals surface area contributed by atoms with Gasteiger partial charge in [0.05, 0.1) is 11.4 Å². The quantitative estimate of drug-likeness (QED) is 0.534. The first-order chi connectivity index (χ1) is 14.6. The van der Waals surface area contributed by atoms with E-state index in [0.29, 0.717) is 16.0 Å². The predicted octanol–water partition coefficient (Wildman–Crippen LogP) is 4.83. The number of nitrogens with one attached hydrogen (secondary N) is 1. The lowest BCUT2D eigenvalue weighted by Gasteiger charge is -2.22. The van der Waals surface area contributed by atoms with Gasteiger partial charge in [-0.25, -0.2) is 0 Å².